The summed E-state index contributed by atoms with van der Waals surface area (Å²) in [7, 11) is -0.958. The Morgan fingerprint density at radius 3 is 2.00 bits per heavy atom. The van der Waals surface area contributed by atoms with Gasteiger partial charge in [-0.05, 0) is 33.0 Å². The number of rotatable bonds is 2. The van der Waals surface area contributed by atoms with Crippen LogP contribution in [0.25, 0.3) is 0 Å². The summed E-state index contributed by atoms with van der Waals surface area (Å²) >= 11 is 0. The molecule has 0 unspecified atom stereocenters. The Balaban J connectivity index is 0.000000791. The van der Waals surface area contributed by atoms with Crippen molar-refractivity contribution < 1.29 is 8.42 Å². The van der Waals surface area contributed by atoms with Crippen molar-refractivity contribution in [3.05, 3.63) is 0 Å². The second-order valence-corrected chi connectivity index (χ2v) is 5.25. The van der Waals surface area contributed by atoms with Crippen LogP contribution in [0.15, 0.2) is 0 Å². The lowest BCUT2D eigenvalue weighted by Crippen LogP contribution is -2.42. The number of sulfonamides is 1. The predicted molar refractivity (Wildman–Crippen MR) is 59.8 cm³/mol. The van der Waals surface area contributed by atoms with Gasteiger partial charge in [-0.25, -0.2) is 13.1 Å². The molecule has 1 N–H and O–H groups in total. The van der Waals surface area contributed by atoms with Crippen molar-refractivity contribution >= 4 is 10.0 Å². The molecule has 86 valence electrons. The third-order valence-electron chi connectivity index (χ3n) is 2.10. The molecule has 0 aliphatic carbocycles. The van der Waals surface area contributed by atoms with Crippen LogP contribution in [-0.4, -0.2) is 45.8 Å². The summed E-state index contributed by atoms with van der Waals surface area (Å²) < 4.78 is 24.3. The fraction of sp³-hybridized carbons (Fsp3) is 1.00. The summed E-state index contributed by atoms with van der Waals surface area (Å²) in [4.78, 5) is 2.21. The van der Waals surface area contributed by atoms with Gasteiger partial charge in [-0.1, -0.05) is 13.8 Å². The summed E-state index contributed by atoms with van der Waals surface area (Å²) in [6, 6.07) is 0.149. The van der Waals surface area contributed by atoms with E-state index < -0.39 is 10.0 Å². The molecule has 0 aromatic heterocycles. The summed E-state index contributed by atoms with van der Waals surface area (Å²) in [5.41, 5.74) is 0. The molecular formula is C9H22N2O2S. The zero-order valence-corrected chi connectivity index (χ0v) is 10.4. The third kappa shape index (κ3) is 6.34. The van der Waals surface area contributed by atoms with Gasteiger partial charge in [-0.15, -0.1) is 0 Å². The van der Waals surface area contributed by atoms with Crippen molar-refractivity contribution in [2.24, 2.45) is 0 Å². The Morgan fingerprint density at radius 2 is 1.64 bits per heavy atom. The highest BCUT2D eigenvalue weighted by Crippen LogP contribution is 2.08. The first-order valence-corrected chi connectivity index (χ1v) is 7.02. The maximum atomic E-state index is 10.9. The molecule has 1 aliphatic rings. The van der Waals surface area contributed by atoms with Crippen molar-refractivity contribution in [2.45, 2.75) is 32.7 Å². The fourth-order valence-corrected chi connectivity index (χ4v) is 2.27. The minimum Gasteiger partial charge on any atom is -0.306 e. The minimum absolute atomic E-state index is 0.149. The molecular weight excluding hydrogens is 200 g/mol. The van der Waals surface area contributed by atoms with Gasteiger partial charge in [0, 0.05) is 6.04 Å². The van der Waals surface area contributed by atoms with Gasteiger partial charge in [0.2, 0.25) is 10.0 Å². The summed E-state index contributed by atoms with van der Waals surface area (Å²) in [5.74, 6) is 0. The Hall–Kier alpha value is -0.130. The quantitative estimate of drug-likeness (QED) is 0.746. The average molecular weight is 222 g/mol. The van der Waals surface area contributed by atoms with Crippen LogP contribution in [0.1, 0.15) is 26.7 Å². The Morgan fingerprint density at radius 1 is 1.21 bits per heavy atom. The molecule has 4 nitrogen and oxygen atoms in total. The maximum Gasteiger partial charge on any atom is 0.208 e. The first kappa shape index (κ1) is 13.9. The van der Waals surface area contributed by atoms with Crippen LogP contribution in [-0.2, 0) is 10.0 Å². The number of hydrogen-bond acceptors (Lipinski definition) is 3. The monoisotopic (exact) mass is 222 g/mol. The molecule has 1 saturated heterocycles. The van der Waals surface area contributed by atoms with E-state index >= 15 is 0 Å². The normalized spacial score (nSPS) is 20.0. The van der Waals surface area contributed by atoms with E-state index in [-0.39, 0.29) is 6.04 Å². The average Bonchev–Trinajstić information content (AvgIpc) is 2.10. The van der Waals surface area contributed by atoms with Crippen LogP contribution in [0.4, 0.5) is 0 Å². The molecule has 1 aliphatic heterocycles. The number of nitrogens with zero attached hydrogens (tertiary/aromatic N) is 1. The molecule has 0 saturated carbocycles. The minimum atomic E-state index is -3.01. The first-order valence-electron chi connectivity index (χ1n) is 5.13. The van der Waals surface area contributed by atoms with Crippen molar-refractivity contribution in [3.8, 4) is 0 Å². The van der Waals surface area contributed by atoms with Gasteiger partial charge in [-0.3, -0.25) is 0 Å². The van der Waals surface area contributed by atoms with Crippen LogP contribution in [0.2, 0.25) is 0 Å². The molecule has 0 radical (unpaired) electrons. The van der Waals surface area contributed by atoms with Crippen molar-refractivity contribution in [1.82, 2.24) is 9.62 Å². The van der Waals surface area contributed by atoms with E-state index in [0.717, 1.165) is 25.9 Å². The second-order valence-electron chi connectivity index (χ2n) is 3.47. The van der Waals surface area contributed by atoms with Gasteiger partial charge in [0.1, 0.15) is 0 Å². The largest absolute Gasteiger partial charge is 0.306 e. The Labute approximate surface area is 87.7 Å². The Bertz CT molecular complexity index is 231. The molecule has 1 rings (SSSR count). The van der Waals surface area contributed by atoms with E-state index in [4.69, 9.17) is 0 Å². The standard InChI is InChI=1S/C7H16N2O2S.C2H6/c1-9-5-3-7(4-6-9)8-12(2,10)11;1-2/h7-8H,3-6H2,1-2H3;1-2H3. The first-order chi connectivity index (χ1) is 6.47. The van der Waals surface area contributed by atoms with Crippen LogP contribution in [0.3, 0.4) is 0 Å². The summed E-state index contributed by atoms with van der Waals surface area (Å²) in [6.07, 6.45) is 3.05. The smallest absolute Gasteiger partial charge is 0.208 e. The van der Waals surface area contributed by atoms with Gasteiger partial charge in [0.15, 0.2) is 0 Å². The van der Waals surface area contributed by atoms with Gasteiger partial charge in [0.25, 0.3) is 0 Å². The lowest BCUT2D eigenvalue weighted by molar-refractivity contribution is 0.248. The highest BCUT2D eigenvalue weighted by atomic mass is 32.2. The van der Waals surface area contributed by atoms with Crippen LogP contribution >= 0.6 is 0 Å². The van der Waals surface area contributed by atoms with E-state index in [1.807, 2.05) is 13.8 Å². The second kappa shape index (κ2) is 6.37. The number of nitrogens with one attached hydrogen (secondary N) is 1. The molecule has 0 amide bonds. The summed E-state index contributed by atoms with van der Waals surface area (Å²) in [6.45, 7) is 5.96. The van der Waals surface area contributed by atoms with E-state index in [9.17, 15) is 8.42 Å². The van der Waals surface area contributed by atoms with E-state index in [1.54, 1.807) is 0 Å². The van der Waals surface area contributed by atoms with Gasteiger partial charge >= 0.3 is 0 Å². The van der Waals surface area contributed by atoms with Crippen LogP contribution in [0.5, 0.6) is 0 Å². The molecule has 0 aromatic carbocycles. The topological polar surface area (TPSA) is 49.4 Å². The molecule has 0 bridgehead atoms. The van der Waals surface area contributed by atoms with Crippen molar-refractivity contribution in [1.29, 1.82) is 0 Å². The van der Waals surface area contributed by atoms with Gasteiger partial charge in [0.05, 0.1) is 6.26 Å². The highest BCUT2D eigenvalue weighted by molar-refractivity contribution is 7.88. The lowest BCUT2D eigenvalue weighted by atomic mass is 10.1. The predicted octanol–water partition coefficient (Wildman–Crippen LogP) is 0.656. The zero-order chi connectivity index (χ0) is 11.2. The van der Waals surface area contributed by atoms with Crippen molar-refractivity contribution in [3.63, 3.8) is 0 Å². The molecule has 0 aromatic rings. The van der Waals surface area contributed by atoms with Crippen molar-refractivity contribution in [2.75, 3.05) is 26.4 Å². The van der Waals surface area contributed by atoms with Gasteiger partial charge < -0.3 is 4.90 Å². The van der Waals surface area contributed by atoms with E-state index in [1.165, 1.54) is 6.26 Å². The third-order valence-corrected chi connectivity index (χ3v) is 2.86. The van der Waals surface area contributed by atoms with Crippen LogP contribution in [0, 0.1) is 0 Å². The van der Waals surface area contributed by atoms with E-state index in [2.05, 4.69) is 16.7 Å². The molecule has 0 spiro atoms. The number of likely N-dealkylation sites (tertiary alicyclic amines) is 1. The molecule has 1 heterocycles. The fourth-order valence-electron chi connectivity index (χ4n) is 1.43. The summed E-state index contributed by atoms with van der Waals surface area (Å²) in [5, 5.41) is 0. The number of hydrogen-bond donors (Lipinski definition) is 1. The SMILES string of the molecule is CC.CN1CCC(NS(C)(=O)=O)CC1. The van der Waals surface area contributed by atoms with Crippen LogP contribution < -0.4 is 4.72 Å². The molecule has 5 heteroatoms. The molecule has 14 heavy (non-hydrogen) atoms. The highest BCUT2D eigenvalue weighted by Gasteiger charge is 2.18. The Kier molecular flexibility index (Phi) is 6.31. The lowest BCUT2D eigenvalue weighted by Gasteiger charge is -2.28. The number of piperidine rings is 1. The zero-order valence-electron chi connectivity index (χ0n) is 9.58. The van der Waals surface area contributed by atoms with Gasteiger partial charge in [-0.2, -0.15) is 0 Å². The van der Waals surface area contributed by atoms with E-state index in [0.29, 0.717) is 0 Å². The maximum absolute atomic E-state index is 10.9. The molecule has 1 fully saturated rings. The molecule has 0 atom stereocenters.